The fraction of sp³-hybridized carbons (Fsp3) is 0.600. The highest BCUT2D eigenvalue weighted by molar-refractivity contribution is 7.89. The Morgan fingerprint density at radius 3 is 2.68 bits per heavy atom. The Morgan fingerprint density at radius 1 is 1.58 bits per heavy atom. The summed E-state index contributed by atoms with van der Waals surface area (Å²) >= 11 is 0. The fourth-order valence-corrected chi connectivity index (χ4v) is 3.24. The zero-order chi connectivity index (χ0) is 14.6. The average molecular weight is 291 g/mol. The van der Waals surface area contributed by atoms with Gasteiger partial charge in [0.25, 0.3) is 0 Å². The molecule has 1 rings (SSSR count). The standard InChI is InChI=1S/C10H17N3O5S/c1-4-7(5-18-3)13-19(16,17)9-6(2)11-12-8(9)10(14)15/h7,13H,4-5H2,1-3H3,(H,11,12)(H,14,15). The summed E-state index contributed by atoms with van der Waals surface area (Å²) in [6, 6.07) is -0.425. The van der Waals surface area contributed by atoms with Crippen LogP contribution in [0, 0.1) is 6.92 Å². The Hall–Kier alpha value is -1.45. The second-order valence-electron chi connectivity index (χ2n) is 4.01. The highest BCUT2D eigenvalue weighted by atomic mass is 32.2. The molecule has 0 aliphatic heterocycles. The lowest BCUT2D eigenvalue weighted by molar-refractivity contribution is 0.0686. The lowest BCUT2D eigenvalue weighted by Gasteiger charge is -2.16. The van der Waals surface area contributed by atoms with E-state index in [-0.39, 0.29) is 17.2 Å². The molecular formula is C10H17N3O5S. The van der Waals surface area contributed by atoms with Gasteiger partial charge in [-0.1, -0.05) is 6.92 Å². The molecule has 0 aliphatic rings. The van der Waals surface area contributed by atoms with Crippen LogP contribution in [0.5, 0.6) is 0 Å². The van der Waals surface area contributed by atoms with Crippen molar-refractivity contribution in [1.82, 2.24) is 14.9 Å². The number of carboxylic acid groups (broad SMARTS) is 1. The Morgan fingerprint density at radius 2 is 2.21 bits per heavy atom. The molecule has 1 aromatic rings. The van der Waals surface area contributed by atoms with Gasteiger partial charge in [0.2, 0.25) is 10.0 Å². The third kappa shape index (κ3) is 3.52. The van der Waals surface area contributed by atoms with Crippen LogP contribution < -0.4 is 4.72 Å². The lowest BCUT2D eigenvalue weighted by atomic mass is 10.3. The quantitative estimate of drug-likeness (QED) is 0.656. The minimum absolute atomic E-state index is 0.178. The van der Waals surface area contributed by atoms with Gasteiger partial charge in [0, 0.05) is 13.2 Å². The van der Waals surface area contributed by atoms with Crippen LogP contribution in [0.4, 0.5) is 0 Å². The molecule has 0 saturated carbocycles. The number of nitrogens with zero attached hydrogens (tertiary/aromatic N) is 1. The van der Waals surface area contributed by atoms with Crippen molar-refractivity contribution in [3.05, 3.63) is 11.4 Å². The molecule has 3 N–H and O–H groups in total. The van der Waals surface area contributed by atoms with Crippen molar-refractivity contribution in [3.63, 3.8) is 0 Å². The number of aryl methyl sites for hydroxylation is 1. The van der Waals surface area contributed by atoms with Gasteiger partial charge in [-0.15, -0.1) is 0 Å². The molecule has 8 nitrogen and oxygen atoms in total. The number of nitrogens with one attached hydrogen (secondary N) is 2. The van der Waals surface area contributed by atoms with Gasteiger partial charge in [0.15, 0.2) is 5.69 Å². The van der Waals surface area contributed by atoms with E-state index in [9.17, 15) is 13.2 Å². The van der Waals surface area contributed by atoms with Crippen LogP contribution >= 0.6 is 0 Å². The number of hydrogen-bond acceptors (Lipinski definition) is 5. The minimum atomic E-state index is -3.96. The first-order chi connectivity index (χ1) is 8.83. The minimum Gasteiger partial charge on any atom is -0.476 e. The predicted octanol–water partition coefficient (Wildman–Crippen LogP) is 0.120. The number of methoxy groups -OCH3 is 1. The number of hydrogen-bond donors (Lipinski definition) is 3. The van der Waals surface area contributed by atoms with Crippen LogP contribution in [-0.2, 0) is 14.8 Å². The van der Waals surface area contributed by atoms with Gasteiger partial charge in [0.1, 0.15) is 4.90 Å². The summed E-state index contributed by atoms with van der Waals surface area (Å²) in [5, 5.41) is 14.8. The molecule has 1 heterocycles. The van der Waals surface area contributed by atoms with Gasteiger partial charge >= 0.3 is 5.97 Å². The van der Waals surface area contributed by atoms with Crippen LogP contribution in [0.1, 0.15) is 29.5 Å². The van der Waals surface area contributed by atoms with E-state index >= 15 is 0 Å². The number of carbonyl (C=O) groups is 1. The second-order valence-corrected chi connectivity index (χ2v) is 5.66. The topological polar surface area (TPSA) is 121 Å². The summed E-state index contributed by atoms with van der Waals surface area (Å²) in [4.78, 5) is 10.6. The SMILES string of the molecule is CCC(COC)NS(=O)(=O)c1c(C(=O)O)n[nH]c1C. The maximum absolute atomic E-state index is 12.2. The zero-order valence-corrected chi connectivity index (χ0v) is 11.7. The number of aromatic carboxylic acids is 1. The van der Waals surface area contributed by atoms with Gasteiger partial charge < -0.3 is 9.84 Å². The Bertz CT molecular complexity index is 552. The Kier molecular flexibility index (Phi) is 5.04. The smallest absolute Gasteiger partial charge is 0.357 e. The first-order valence-corrected chi connectivity index (χ1v) is 7.11. The van der Waals surface area contributed by atoms with E-state index in [2.05, 4.69) is 14.9 Å². The van der Waals surface area contributed by atoms with E-state index < -0.39 is 27.7 Å². The van der Waals surface area contributed by atoms with E-state index in [4.69, 9.17) is 9.84 Å². The molecule has 0 aliphatic carbocycles. The molecular weight excluding hydrogens is 274 g/mol. The molecule has 1 unspecified atom stereocenters. The summed E-state index contributed by atoms with van der Waals surface area (Å²) in [7, 11) is -2.50. The molecule has 0 amide bonds. The maximum atomic E-state index is 12.2. The highest BCUT2D eigenvalue weighted by Crippen LogP contribution is 2.18. The number of ether oxygens (including phenoxy) is 1. The summed E-state index contributed by atoms with van der Waals surface area (Å²) in [5.41, 5.74) is -0.338. The van der Waals surface area contributed by atoms with E-state index in [1.165, 1.54) is 14.0 Å². The average Bonchev–Trinajstić information content (AvgIpc) is 2.71. The fourth-order valence-electron chi connectivity index (χ4n) is 1.61. The summed E-state index contributed by atoms with van der Waals surface area (Å²) < 4.78 is 31.7. The van der Waals surface area contributed by atoms with Crippen LogP contribution in [0.15, 0.2) is 4.90 Å². The van der Waals surface area contributed by atoms with E-state index in [0.717, 1.165) is 0 Å². The molecule has 0 saturated heterocycles. The normalized spacial score (nSPS) is 13.4. The van der Waals surface area contributed by atoms with Crippen molar-refractivity contribution in [1.29, 1.82) is 0 Å². The largest absolute Gasteiger partial charge is 0.476 e. The third-order valence-corrected chi connectivity index (χ3v) is 4.23. The molecule has 0 spiro atoms. The maximum Gasteiger partial charge on any atom is 0.357 e. The van der Waals surface area contributed by atoms with Crippen molar-refractivity contribution in [2.24, 2.45) is 0 Å². The predicted molar refractivity (Wildman–Crippen MR) is 66.6 cm³/mol. The van der Waals surface area contributed by atoms with E-state index in [0.29, 0.717) is 6.42 Å². The zero-order valence-electron chi connectivity index (χ0n) is 10.9. The molecule has 108 valence electrons. The number of rotatable bonds is 7. The first kappa shape index (κ1) is 15.6. The third-order valence-electron chi connectivity index (χ3n) is 2.54. The van der Waals surface area contributed by atoms with Gasteiger partial charge in [-0.05, 0) is 13.3 Å². The first-order valence-electron chi connectivity index (χ1n) is 5.63. The summed E-state index contributed by atoms with van der Waals surface area (Å²) in [6.45, 7) is 3.45. The molecule has 0 radical (unpaired) electrons. The van der Waals surface area contributed by atoms with Crippen molar-refractivity contribution < 1.29 is 23.1 Å². The number of aromatic amines is 1. The van der Waals surface area contributed by atoms with Crippen LogP contribution in [0.25, 0.3) is 0 Å². The molecule has 0 bridgehead atoms. The van der Waals surface area contributed by atoms with Crippen molar-refractivity contribution in [2.75, 3.05) is 13.7 Å². The summed E-state index contributed by atoms with van der Waals surface area (Å²) in [6.07, 6.45) is 0.520. The van der Waals surface area contributed by atoms with Crippen molar-refractivity contribution >= 4 is 16.0 Å². The van der Waals surface area contributed by atoms with Crippen molar-refractivity contribution in [2.45, 2.75) is 31.2 Å². The number of carboxylic acids is 1. The van der Waals surface area contributed by atoms with Gasteiger partial charge in [-0.3, -0.25) is 5.10 Å². The molecule has 19 heavy (non-hydrogen) atoms. The van der Waals surface area contributed by atoms with Gasteiger partial charge in [-0.25, -0.2) is 17.9 Å². The molecule has 1 aromatic heterocycles. The summed E-state index contributed by atoms with van der Waals surface area (Å²) in [5.74, 6) is -1.40. The van der Waals surface area contributed by atoms with Gasteiger partial charge in [-0.2, -0.15) is 5.10 Å². The van der Waals surface area contributed by atoms with Gasteiger partial charge in [0.05, 0.1) is 12.3 Å². The molecule has 0 aromatic carbocycles. The number of H-pyrrole nitrogens is 1. The number of sulfonamides is 1. The lowest BCUT2D eigenvalue weighted by Crippen LogP contribution is -2.38. The highest BCUT2D eigenvalue weighted by Gasteiger charge is 2.29. The Balaban J connectivity index is 3.13. The molecule has 1 atom stereocenters. The second kappa shape index (κ2) is 6.13. The van der Waals surface area contributed by atoms with E-state index in [1.54, 1.807) is 6.92 Å². The molecule has 0 fully saturated rings. The van der Waals surface area contributed by atoms with Crippen LogP contribution in [0.3, 0.4) is 0 Å². The number of aromatic nitrogens is 2. The van der Waals surface area contributed by atoms with Crippen LogP contribution in [0.2, 0.25) is 0 Å². The molecule has 9 heteroatoms. The monoisotopic (exact) mass is 291 g/mol. The Labute approximate surface area is 111 Å². The van der Waals surface area contributed by atoms with Crippen LogP contribution in [-0.4, -0.2) is 49.4 Å². The van der Waals surface area contributed by atoms with E-state index in [1.807, 2.05) is 0 Å². The van der Waals surface area contributed by atoms with Crippen molar-refractivity contribution in [3.8, 4) is 0 Å².